The topological polar surface area (TPSA) is 75.8 Å². The molecule has 0 amide bonds. The number of aliphatic imine (C=N–C) groups is 1. The highest BCUT2D eigenvalue weighted by molar-refractivity contribution is 14.0. The van der Waals surface area contributed by atoms with Crippen molar-refractivity contribution in [1.82, 2.24) is 15.2 Å². The molecule has 3 N–H and O–H groups in total. The van der Waals surface area contributed by atoms with Gasteiger partial charge in [0.15, 0.2) is 5.96 Å². The number of hydrogen-bond acceptors (Lipinski definition) is 4. The van der Waals surface area contributed by atoms with E-state index in [2.05, 4.69) is 27.1 Å². The summed E-state index contributed by atoms with van der Waals surface area (Å²) in [5, 5.41) is 3.13. The molecule has 2 heterocycles. The van der Waals surface area contributed by atoms with Gasteiger partial charge in [0.2, 0.25) is 0 Å². The number of hydrogen-bond donors (Lipinski definition) is 2. The van der Waals surface area contributed by atoms with E-state index >= 15 is 0 Å². The number of guanidine groups is 1. The molecule has 124 valence electrons. The second-order valence-electron chi connectivity index (χ2n) is 5.22. The van der Waals surface area contributed by atoms with Crippen molar-refractivity contribution in [3.8, 4) is 0 Å². The molecule has 1 aliphatic rings. The molecule has 1 saturated heterocycles. The van der Waals surface area contributed by atoms with Crippen LogP contribution < -0.4 is 11.1 Å². The van der Waals surface area contributed by atoms with Gasteiger partial charge in [-0.15, -0.1) is 24.0 Å². The minimum absolute atomic E-state index is 0. The Balaban J connectivity index is 0.00000242. The Labute approximate surface area is 149 Å². The van der Waals surface area contributed by atoms with Crippen LogP contribution in [0.1, 0.15) is 12.6 Å². The van der Waals surface area contributed by atoms with Gasteiger partial charge >= 0.3 is 0 Å². The van der Waals surface area contributed by atoms with Gasteiger partial charge in [-0.2, -0.15) is 0 Å². The third-order valence-electron chi connectivity index (χ3n) is 3.61. The van der Waals surface area contributed by atoms with E-state index in [9.17, 15) is 0 Å². The predicted molar refractivity (Wildman–Crippen MR) is 99.7 cm³/mol. The average molecular weight is 419 g/mol. The van der Waals surface area contributed by atoms with E-state index in [1.807, 2.05) is 18.2 Å². The first-order valence-corrected chi connectivity index (χ1v) is 7.51. The van der Waals surface area contributed by atoms with Gasteiger partial charge in [0.25, 0.3) is 0 Å². The number of aromatic nitrogens is 1. The zero-order valence-electron chi connectivity index (χ0n) is 13.1. The molecule has 1 unspecified atom stereocenters. The summed E-state index contributed by atoms with van der Waals surface area (Å²) in [5.74, 6) is 0.506. The Morgan fingerprint density at radius 2 is 2.23 bits per heavy atom. The van der Waals surface area contributed by atoms with Crippen LogP contribution in [0.25, 0.3) is 0 Å². The number of halogens is 1. The van der Waals surface area contributed by atoms with E-state index in [1.165, 1.54) is 0 Å². The SMILES string of the molecule is CC(CN=C(N)NCCc1ccccn1)N1CCOCC1.I. The van der Waals surface area contributed by atoms with Gasteiger partial charge in [-0.05, 0) is 19.1 Å². The molecule has 1 aromatic rings. The zero-order valence-corrected chi connectivity index (χ0v) is 15.4. The van der Waals surface area contributed by atoms with Crippen molar-refractivity contribution in [1.29, 1.82) is 0 Å². The number of pyridine rings is 1. The van der Waals surface area contributed by atoms with Crippen LogP contribution in [0.3, 0.4) is 0 Å². The Hall–Kier alpha value is -0.930. The van der Waals surface area contributed by atoms with Gasteiger partial charge in [0.05, 0.1) is 19.8 Å². The fourth-order valence-electron chi connectivity index (χ4n) is 2.28. The quantitative estimate of drug-likeness (QED) is 0.407. The van der Waals surface area contributed by atoms with Crippen molar-refractivity contribution >= 4 is 29.9 Å². The molecule has 0 bridgehead atoms. The third kappa shape index (κ3) is 6.89. The molecular formula is C15H26IN5O. The molecule has 1 fully saturated rings. The molecule has 0 aliphatic carbocycles. The second kappa shape index (κ2) is 10.7. The fraction of sp³-hybridized carbons (Fsp3) is 0.600. The smallest absolute Gasteiger partial charge is 0.188 e. The number of nitrogens with zero attached hydrogens (tertiary/aromatic N) is 3. The lowest BCUT2D eigenvalue weighted by Gasteiger charge is -2.31. The van der Waals surface area contributed by atoms with Gasteiger partial charge in [-0.25, -0.2) is 0 Å². The number of nitrogens with two attached hydrogens (primary N) is 1. The normalized spacial score (nSPS) is 17.6. The van der Waals surface area contributed by atoms with Crippen molar-refractivity contribution in [3.05, 3.63) is 30.1 Å². The first-order valence-electron chi connectivity index (χ1n) is 7.51. The van der Waals surface area contributed by atoms with Crippen LogP contribution in [0.15, 0.2) is 29.4 Å². The molecule has 0 radical (unpaired) electrons. The molecule has 0 spiro atoms. The highest BCUT2D eigenvalue weighted by Crippen LogP contribution is 2.03. The first-order chi connectivity index (χ1) is 10.3. The van der Waals surface area contributed by atoms with Crippen LogP contribution in [0, 0.1) is 0 Å². The summed E-state index contributed by atoms with van der Waals surface area (Å²) in [7, 11) is 0. The summed E-state index contributed by atoms with van der Waals surface area (Å²) in [6.07, 6.45) is 2.65. The van der Waals surface area contributed by atoms with E-state index in [0.29, 0.717) is 18.5 Å². The van der Waals surface area contributed by atoms with E-state index in [4.69, 9.17) is 10.5 Å². The number of nitrogens with one attached hydrogen (secondary N) is 1. The van der Waals surface area contributed by atoms with Gasteiger partial charge in [-0.3, -0.25) is 14.9 Å². The standard InChI is InChI=1S/C15H25N5O.HI/c1-13(20-8-10-21-11-9-20)12-19-15(16)18-7-5-14-4-2-3-6-17-14;/h2-4,6,13H,5,7-12H2,1H3,(H3,16,18,19);1H. The Morgan fingerprint density at radius 1 is 1.45 bits per heavy atom. The Kier molecular flexibility index (Phi) is 9.33. The maximum atomic E-state index is 5.89. The monoisotopic (exact) mass is 419 g/mol. The molecular weight excluding hydrogens is 393 g/mol. The predicted octanol–water partition coefficient (Wildman–Crippen LogP) is 0.867. The molecule has 22 heavy (non-hydrogen) atoms. The summed E-state index contributed by atoms with van der Waals surface area (Å²) in [4.78, 5) is 11.1. The fourth-order valence-corrected chi connectivity index (χ4v) is 2.28. The highest BCUT2D eigenvalue weighted by Gasteiger charge is 2.16. The molecule has 1 atom stereocenters. The van der Waals surface area contributed by atoms with E-state index in [0.717, 1.165) is 45.0 Å². The number of rotatable bonds is 6. The van der Waals surface area contributed by atoms with Crippen LogP contribution in [-0.2, 0) is 11.2 Å². The molecule has 1 aliphatic heterocycles. The second-order valence-corrected chi connectivity index (χ2v) is 5.22. The van der Waals surface area contributed by atoms with Crippen molar-refractivity contribution in [2.75, 3.05) is 39.4 Å². The lowest BCUT2D eigenvalue weighted by molar-refractivity contribution is 0.0220. The van der Waals surface area contributed by atoms with Crippen LogP contribution in [-0.4, -0.2) is 61.3 Å². The first kappa shape index (κ1) is 19.1. The lowest BCUT2D eigenvalue weighted by Crippen LogP contribution is -2.44. The van der Waals surface area contributed by atoms with Crippen LogP contribution in [0.4, 0.5) is 0 Å². The van der Waals surface area contributed by atoms with E-state index in [-0.39, 0.29) is 24.0 Å². The Morgan fingerprint density at radius 3 is 2.91 bits per heavy atom. The third-order valence-corrected chi connectivity index (χ3v) is 3.61. The highest BCUT2D eigenvalue weighted by atomic mass is 127. The van der Waals surface area contributed by atoms with Crippen molar-refractivity contribution in [2.24, 2.45) is 10.7 Å². The summed E-state index contributed by atoms with van der Waals surface area (Å²) in [6, 6.07) is 6.31. The largest absolute Gasteiger partial charge is 0.379 e. The van der Waals surface area contributed by atoms with Crippen LogP contribution in [0.2, 0.25) is 0 Å². The Bertz CT molecular complexity index is 437. The maximum absolute atomic E-state index is 5.89. The number of morpholine rings is 1. The summed E-state index contributed by atoms with van der Waals surface area (Å²) < 4.78 is 5.35. The molecule has 2 rings (SSSR count). The average Bonchev–Trinajstić information content (AvgIpc) is 2.54. The minimum atomic E-state index is 0. The summed E-state index contributed by atoms with van der Waals surface area (Å²) >= 11 is 0. The van der Waals surface area contributed by atoms with E-state index in [1.54, 1.807) is 6.20 Å². The van der Waals surface area contributed by atoms with Gasteiger partial charge < -0.3 is 15.8 Å². The molecule has 6 nitrogen and oxygen atoms in total. The van der Waals surface area contributed by atoms with E-state index < -0.39 is 0 Å². The zero-order chi connectivity index (χ0) is 14.9. The molecule has 0 saturated carbocycles. The van der Waals surface area contributed by atoms with Gasteiger partial charge in [-0.1, -0.05) is 6.07 Å². The maximum Gasteiger partial charge on any atom is 0.188 e. The lowest BCUT2D eigenvalue weighted by atomic mass is 10.2. The van der Waals surface area contributed by atoms with Crippen molar-refractivity contribution in [2.45, 2.75) is 19.4 Å². The summed E-state index contributed by atoms with van der Waals surface area (Å²) in [5.41, 5.74) is 6.95. The molecule has 7 heteroatoms. The van der Waals surface area contributed by atoms with Gasteiger partial charge in [0, 0.05) is 44.0 Å². The molecule has 0 aromatic carbocycles. The molecule has 1 aromatic heterocycles. The van der Waals surface area contributed by atoms with Gasteiger partial charge in [0.1, 0.15) is 0 Å². The van der Waals surface area contributed by atoms with Crippen molar-refractivity contribution in [3.63, 3.8) is 0 Å². The summed E-state index contributed by atoms with van der Waals surface area (Å²) in [6.45, 7) is 7.21. The van der Waals surface area contributed by atoms with Crippen molar-refractivity contribution < 1.29 is 4.74 Å². The van der Waals surface area contributed by atoms with Crippen LogP contribution in [0.5, 0.6) is 0 Å². The number of ether oxygens (including phenoxy) is 1. The minimum Gasteiger partial charge on any atom is -0.379 e. The van der Waals surface area contributed by atoms with Crippen LogP contribution >= 0.6 is 24.0 Å².